The molecule has 3 rings (SSSR count). The van der Waals surface area contributed by atoms with Crippen molar-refractivity contribution in [1.82, 2.24) is 20.2 Å². The third-order valence-corrected chi connectivity index (χ3v) is 4.73. The molecule has 3 amide bonds. The van der Waals surface area contributed by atoms with Gasteiger partial charge in [0.2, 0.25) is 5.91 Å². The largest absolute Gasteiger partial charge is 0.350 e. The van der Waals surface area contributed by atoms with E-state index in [1.54, 1.807) is 24.3 Å². The average Bonchev–Trinajstić information content (AvgIpc) is 2.94. The predicted octanol–water partition coefficient (Wildman–Crippen LogP) is 1.52. The van der Waals surface area contributed by atoms with Gasteiger partial charge in [-0.2, -0.15) is 0 Å². The van der Waals surface area contributed by atoms with Gasteiger partial charge in [0, 0.05) is 29.9 Å². The van der Waals surface area contributed by atoms with Crippen molar-refractivity contribution < 1.29 is 14.4 Å². The zero-order chi connectivity index (χ0) is 18.7. The van der Waals surface area contributed by atoms with Crippen molar-refractivity contribution >= 4 is 40.4 Å². The molecule has 2 aromatic rings. The second-order valence-corrected chi connectivity index (χ2v) is 6.70. The third-order valence-electron chi connectivity index (χ3n) is 3.62. The molecule has 10 heteroatoms. The number of H-pyrrole nitrogens is 1. The van der Waals surface area contributed by atoms with E-state index in [0.717, 1.165) is 16.7 Å². The van der Waals surface area contributed by atoms with E-state index in [1.165, 1.54) is 6.20 Å². The highest BCUT2D eigenvalue weighted by atomic mass is 35.5. The van der Waals surface area contributed by atoms with Crippen molar-refractivity contribution in [1.29, 1.82) is 0 Å². The molecule has 0 unspecified atom stereocenters. The SMILES string of the molecule is O=C(NCCN1C(=O)CSC1=O)c1cnc(-c2ccc(Cl)cc2)[nH]c1=O. The molecule has 26 heavy (non-hydrogen) atoms. The van der Waals surface area contributed by atoms with E-state index in [4.69, 9.17) is 11.6 Å². The summed E-state index contributed by atoms with van der Waals surface area (Å²) < 4.78 is 0. The summed E-state index contributed by atoms with van der Waals surface area (Å²) in [4.78, 5) is 54.9. The van der Waals surface area contributed by atoms with Crippen LogP contribution in [0.4, 0.5) is 4.79 Å². The lowest BCUT2D eigenvalue weighted by Crippen LogP contribution is -2.38. The van der Waals surface area contributed by atoms with Crippen molar-refractivity contribution in [3.63, 3.8) is 0 Å². The van der Waals surface area contributed by atoms with E-state index in [-0.39, 0.29) is 35.6 Å². The van der Waals surface area contributed by atoms with E-state index in [1.807, 2.05) is 0 Å². The molecule has 0 bridgehead atoms. The molecule has 1 fully saturated rings. The minimum Gasteiger partial charge on any atom is -0.350 e. The highest BCUT2D eigenvalue weighted by molar-refractivity contribution is 8.14. The van der Waals surface area contributed by atoms with Crippen LogP contribution in [0.15, 0.2) is 35.3 Å². The van der Waals surface area contributed by atoms with Gasteiger partial charge in [-0.25, -0.2) is 4.98 Å². The van der Waals surface area contributed by atoms with Crippen molar-refractivity contribution in [2.75, 3.05) is 18.8 Å². The molecular formula is C16H13ClN4O4S. The zero-order valence-corrected chi connectivity index (χ0v) is 14.9. The van der Waals surface area contributed by atoms with Gasteiger partial charge in [0.1, 0.15) is 11.4 Å². The molecule has 0 aliphatic carbocycles. The first kappa shape index (κ1) is 18.2. The van der Waals surface area contributed by atoms with Crippen LogP contribution in [0, 0.1) is 0 Å². The molecular weight excluding hydrogens is 380 g/mol. The van der Waals surface area contributed by atoms with E-state index in [0.29, 0.717) is 16.4 Å². The van der Waals surface area contributed by atoms with Crippen molar-refractivity contribution in [3.05, 3.63) is 51.4 Å². The number of thioether (sulfide) groups is 1. The van der Waals surface area contributed by atoms with Gasteiger partial charge in [0.05, 0.1) is 5.75 Å². The van der Waals surface area contributed by atoms with Crippen LogP contribution < -0.4 is 10.9 Å². The quantitative estimate of drug-likeness (QED) is 0.797. The normalized spacial score (nSPS) is 14.0. The summed E-state index contributed by atoms with van der Waals surface area (Å²) in [6.45, 7) is 0.111. The van der Waals surface area contributed by atoms with E-state index in [9.17, 15) is 19.2 Å². The van der Waals surface area contributed by atoms with Crippen molar-refractivity contribution in [2.45, 2.75) is 0 Å². The van der Waals surface area contributed by atoms with Gasteiger partial charge in [0.25, 0.3) is 16.7 Å². The number of carbonyl (C=O) groups is 3. The maximum absolute atomic E-state index is 12.1. The predicted molar refractivity (Wildman–Crippen MR) is 97.2 cm³/mol. The van der Waals surface area contributed by atoms with Crippen LogP contribution >= 0.6 is 23.4 Å². The van der Waals surface area contributed by atoms with Gasteiger partial charge in [0.15, 0.2) is 0 Å². The molecule has 1 aliphatic heterocycles. The molecule has 0 spiro atoms. The Kier molecular flexibility index (Phi) is 5.38. The van der Waals surface area contributed by atoms with Gasteiger partial charge in [-0.15, -0.1) is 0 Å². The number of imide groups is 1. The van der Waals surface area contributed by atoms with Crippen LogP contribution in [0.3, 0.4) is 0 Å². The number of hydrogen-bond donors (Lipinski definition) is 2. The standard InChI is InChI=1S/C16H13ClN4O4S/c17-10-3-1-9(2-4-10)13-19-7-11(15(24)20-13)14(23)18-5-6-21-12(22)8-26-16(21)25/h1-4,7H,5-6,8H2,(H,18,23)(H,19,20,24). The number of aromatic amines is 1. The van der Waals surface area contributed by atoms with Crippen molar-refractivity contribution in [2.24, 2.45) is 0 Å². The Balaban J connectivity index is 1.64. The van der Waals surface area contributed by atoms with E-state index >= 15 is 0 Å². The van der Waals surface area contributed by atoms with Crippen LogP contribution in [0.2, 0.25) is 5.02 Å². The molecule has 2 N–H and O–H groups in total. The number of halogens is 1. The highest BCUT2D eigenvalue weighted by Crippen LogP contribution is 2.18. The Morgan fingerprint density at radius 3 is 2.62 bits per heavy atom. The number of hydrogen-bond acceptors (Lipinski definition) is 6. The van der Waals surface area contributed by atoms with Crippen molar-refractivity contribution in [3.8, 4) is 11.4 Å². The number of rotatable bonds is 5. The lowest BCUT2D eigenvalue weighted by molar-refractivity contribution is -0.124. The number of benzene rings is 1. The van der Waals surface area contributed by atoms with Gasteiger partial charge in [-0.1, -0.05) is 23.4 Å². The molecule has 0 atom stereocenters. The van der Waals surface area contributed by atoms with E-state index < -0.39 is 11.5 Å². The summed E-state index contributed by atoms with van der Waals surface area (Å²) in [5.41, 5.74) is -0.0930. The lowest BCUT2D eigenvalue weighted by Gasteiger charge is -2.12. The number of nitrogens with one attached hydrogen (secondary N) is 2. The number of aromatic nitrogens is 2. The monoisotopic (exact) mass is 392 g/mol. The first-order valence-electron chi connectivity index (χ1n) is 7.56. The second kappa shape index (κ2) is 7.71. The summed E-state index contributed by atoms with van der Waals surface area (Å²) >= 11 is 6.74. The molecule has 134 valence electrons. The summed E-state index contributed by atoms with van der Waals surface area (Å²) in [5.74, 6) is -0.495. The highest BCUT2D eigenvalue weighted by Gasteiger charge is 2.29. The summed E-state index contributed by atoms with van der Waals surface area (Å²) in [6, 6.07) is 6.72. The van der Waals surface area contributed by atoms with E-state index in [2.05, 4.69) is 15.3 Å². The molecule has 0 saturated carbocycles. The fourth-order valence-corrected chi connectivity index (χ4v) is 3.16. The molecule has 1 saturated heterocycles. The Morgan fingerprint density at radius 2 is 2.00 bits per heavy atom. The number of nitrogens with zero attached hydrogens (tertiary/aromatic N) is 2. The van der Waals surface area contributed by atoms with Crippen LogP contribution in [-0.2, 0) is 4.79 Å². The van der Waals surface area contributed by atoms with Crippen LogP contribution in [0.5, 0.6) is 0 Å². The summed E-state index contributed by atoms with van der Waals surface area (Å²) in [7, 11) is 0. The zero-order valence-electron chi connectivity index (χ0n) is 13.3. The molecule has 8 nitrogen and oxygen atoms in total. The second-order valence-electron chi connectivity index (χ2n) is 5.34. The maximum Gasteiger partial charge on any atom is 0.288 e. The topological polar surface area (TPSA) is 112 Å². The Labute approximate surface area is 156 Å². The molecule has 0 radical (unpaired) electrons. The van der Waals surface area contributed by atoms with Gasteiger partial charge < -0.3 is 10.3 Å². The number of amides is 3. The van der Waals surface area contributed by atoms with Gasteiger partial charge >= 0.3 is 0 Å². The summed E-state index contributed by atoms with van der Waals surface area (Å²) in [5, 5.41) is 2.72. The van der Waals surface area contributed by atoms with Crippen LogP contribution in [0.1, 0.15) is 10.4 Å². The fraction of sp³-hybridized carbons (Fsp3) is 0.188. The molecule has 1 aliphatic rings. The van der Waals surface area contributed by atoms with Crippen LogP contribution in [-0.4, -0.2) is 50.8 Å². The van der Waals surface area contributed by atoms with Gasteiger partial charge in [-0.3, -0.25) is 24.1 Å². The first-order chi connectivity index (χ1) is 12.5. The molecule has 2 heterocycles. The average molecular weight is 393 g/mol. The Hall–Kier alpha value is -2.65. The smallest absolute Gasteiger partial charge is 0.288 e. The van der Waals surface area contributed by atoms with Crippen LogP contribution in [0.25, 0.3) is 11.4 Å². The Bertz CT molecular complexity index is 913. The number of carbonyl (C=O) groups excluding carboxylic acids is 3. The maximum atomic E-state index is 12.1. The Morgan fingerprint density at radius 1 is 1.27 bits per heavy atom. The summed E-state index contributed by atoms with van der Waals surface area (Å²) in [6.07, 6.45) is 1.18. The minimum absolute atomic E-state index is 0.0508. The first-order valence-corrected chi connectivity index (χ1v) is 8.92. The lowest BCUT2D eigenvalue weighted by atomic mass is 10.2. The fourth-order valence-electron chi connectivity index (χ4n) is 2.28. The molecule has 1 aromatic carbocycles. The minimum atomic E-state index is -0.631. The van der Waals surface area contributed by atoms with Gasteiger partial charge in [-0.05, 0) is 24.3 Å². The molecule has 1 aromatic heterocycles. The third kappa shape index (κ3) is 3.94.